The normalized spacial score (nSPS) is 21.6. The minimum atomic E-state index is -0.774. The molecule has 3 heterocycles. The van der Waals surface area contributed by atoms with Gasteiger partial charge in [0.05, 0.1) is 12.3 Å². The molecule has 3 aliphatic rings. The average molecular weight is 459 g/mol. The van der Waals surface area contributed by atoms with E-state index in [1.807, 2.05) is 39.0 Å². The predicted molar refractivity (Wildman–Crippen MR) is 123 cm³/mol. The summed E-state index contributed by atoms with van der Waals surface area (Å²) >= 11 is 0. The zero-order valence-corrected chi connectivity index (χ0v) is 20.2. The van der Waals surface area contributed by atoms with Crippen molar-refractivity contribution < 1.29 is 28.5 Å². The molecule has 33 heavy (non-hydrogen) atoms. The van der Waals surface area contributed by atoms with Gasteiger partial charge >= 0.3 is 12.2 Å². The van der Waals surface area contributed by atoms with E-state index in [0.717, 1.165) is 17.7 Å². The highest BCUT2D eigenvalue weighted by atomic mass is 16.7. The van der Waals surface area contributed by atoms with E-state index in [0.29, 0.717) is 56.5 Å². The molecule has 0 aromatic heterocycles. The Labute approximate surface area is 195 Å². The van der Waals surface area contributed by atoms with Gasteiger partial charge in [0.2, 0.25) is 0 Å². The third-order valence-corrected chi connectivity index (χ3v) is 6.00. The quantitative estimate of drug-likeness (QED) is 0.619. The van der Waals surface area contributed by atoms with E-state index < -0.39 is 11.4 Å². The summed E-state index contributed by atoms with van der Waals surface area (Å²) in [5.74, 6) is 0.908. The number of nitrogens with zero attached hydrogens (tertiary/aromatic N) is 2. The summed E-state index contributed by atoms with van der Waals surface area (Å²) < 4.78 is 23.2. The third-order valence-electron chi connectivity index (χ3n) is 6.00. The van der Waals surface area contributed by atoms with E-state index in [4.69, 9.17) is 18.9 Å². The number of allylic oxidation sites excluding steroid dienone is 1. The van der Waals surface area contributed by atoms with Crippen LogP contribution in [0.15, 0.2) is 24.3 Å². The highest BCUT2D eigenvalue weighted by molar-refractivity contribution is 5.83. The monoisotopic (exact) mass is 458 g/mol. The van der Waals surface area contributed by atoms with Crippen molar-refractivity contribution >= 4 is 17.9 Å². The first kappa shape index (κ1) is 23.3. The molecule has 1 fully saturated rings. The van der Waals surface area contributed by atoms with Gasteiger partial charge in [-0.3, -0.25) is 4.90 Å². The fourth-order valence-electron chi connectivity index (χ4n) is 4.37. The van der Waals surface area contributed by atoms with Gasteiger partial charge in [-0.2, -0.15) is 0 Å². The van der Waals surface area contributed by atoms with Gasteiger partial charge in [0.15, 0.2) is 11.5 Å². The van der Waals surface area contributed by atoms with Crippen molar-refractivity contribution in [3.05, 3.63) is 29.8 Å². The maximum absolute atomic E-state index is 12.9. The van der Waals surface area contributed by atoms with E-state index in [1.54, 1.807) is 16.7 Å². The summed E-state index contributed by atoms with van der Waals surface area (Å²) in [6.45, 7) is 11.5. The lowest BCUT2D eigenvalue weighted by Gasteiger charge is -2.36. The maximum Gasteiger partial charge on any atom is 0.414 e. The highest BCUT2D eigenvalue weighted by Crippen LogP contribution is 2.45. The molecule has 0 radical (unpaired) electrons. The molecule has 180 valence electrons. The summed E-state index contributed by atoms with van der Waals surface area (Å²) in [7, 11) is 0. The van der Waals surface area contributed by atoms with E-state index in [9.17, 15) is 9.59 Å². The number of fused-ring (bicyclic) bond motifs is 1. The molecule has 1 aromatic rings. The van der Waals surface area contributed by atoms with E-state index in [2.05, 4.69) is 13.0 Å². The van der Waals surface area contributed by atoms with Crippen LogP contribution in [-0.2, 0) is 9.47 Å². The lowest BCUT2D eigenvalue weighted by atomic mass is 9.98. The standard InChI is InChI=1S/C25H34N2O6/c1-6-30-22(28)26-13-11-25(12-14-26)31-20-10-8-18(15-21(20)32-25)19-9-7-17(2)16-27(19)23(29)33-24(3,4)5/h8-10,15,17H,6-7,11-14,16H2,1-5H3/t17-/m0/s1. The average Bonchev–Trinajstić information content (AvgIpc) is 3.09. The van der Waals surface area contributed by atoms with Gasteiger partial charge in [-0.25, -0.2) is 9.59 Å². The highest BCUT2D eigenvalue weighted by Gasteiger charge is 2.45. The molecule has 8 nitrogen and oxygen atoms in total. The largest absolute Gasteiger partial charge is 0.450 e. The molecule has 1 saturated heterocycles. The summed E-state index contributed by atoms with van der Waals surface area (Å²) in [6, 6.07) is 5.78. The molecule has 0 aliphatic carbocycles. The van der Waals surface area contributed by atoms with Crippen LogP contribution < -0.4 is 9.47 Å². The Hall–Kier alpha value is -2.90. The van der Waals surface area contributed by atoms with Crippen molar-refractivity contribution in [1.29, 1.82) is 0 Å². The van der Waals surface area contributed by atoms with Gasteiger partial charge in [0, 0.05) is 38.0 Å². The first-order valence-electron chi connectivity index (χ1n) is 11.7. The Balaban J connectivity index is 1.50. The number of carbonyl (C=O) groups excluding carboxylic acids is 2. The smallest absolute Gasteiger partial charge is 0.414 e. The first-order chi connectivity index (χ1) is 15.6. The number of hydrogen-bond acceptors (Lipinski definition) is 6. The van der Waals surface area contributed by atoms with Crippen molar-refractivity contribution in [2.24, 2.45) is 5.92 Å². The topological polar surface area (TPSA) is 77.5 Å². The number of rotatable bonds is 2. The van der Waals surface area contributed by atoms with Crippen LogP contribution in [0.1, 0.15) is 59.4 Å². The zero-order valence-electron chi connectivity index (χ0n) is 20.2. The fourth-order valence-corrected chi connectivity index (χ4v) is 4.37. The van der Waals surface area contributed by atoms with Gasteiger partial charge in [0.25, 0.3) is 5.79 Å². The predicted octanol–water partition coefficient (Wildman–Crippen LogP) is 5.02. The molecule has 1 atom stereocenters. The fraction of sp³-hybridized carbons (Fsp3) is 0.600. The zero-order chi connectivity index (χ0) is 23.8. The molecule has 0 bridgehead atoms. The second kappa shape index (κ2) is 8.80. The van der Waals surface area contributed by atoms with Gasteiger partial charge in [-0.1, -0.05) is 13.0 Å². The summed E-state index contributed by atoms with van der Waals surface area (Å²) in [6.07, 6.45) is 3.44. The van der Waals surface area contributed by atoms with Gasteiger partial charge in [0.1, 0.15) is 5.60 Å². The Morgan fingerprint density at radius 1 is 1.12 bits per heavy atom. The van der Waals surface area contributed by atoms with Crippen LogP contribution in [0.4, 0.5) is 9.59 Å². The molecule has 0 N–H and O–H groups in total. The summed E-state index contributed by atoms with van der Waals surface area (Å²) in [5, 5.41) is 0. The van der Waals surface area contributed by atoms with Crippen LogP contribution in [0.2, 0.25) is 0 Å². The summed E-state index contributed by atoms with van der Waals surface area (Å²) in [4.78, 5) is 28.3. The molecular weight excluding hydrogens is 424 g/mol. The van der Waals surface area contributed by atoms with E-state index in [-0.39, 0.29) is 12.2 Å². The second-order valence-corrected chi connectivity index (χ2v) is 9.98. The van der Waals surface area contributed by atoms with Crippen LogP contribution in [-0.4, -0.2) is 59.6 Å². The van der Waals surface area contributed by atoms with E-state index in [1.165, 1.54) is 0 Å². The number of carbonyl (C=O) groups is 2. The van der Waals surface area contributed by atoms with Crippen LogP contribution in [0, 0.1) is 5.92 Å². The molecule has 4 rings (SSSR count). The molecule has 1 aromatic carbocycles. The number of benzene rings is 1. The Morgan fingerprint density at radius 2 is 1.82 bits per heavy atom. The molecule has 2 amide bonds. The molecule has 8 heteroatoms. The third kappa shape index (κ3) is 5.04. The SMILES string of the molecule is CCOC(=O)N1CCC2(CC1)Oc1ccc(C3=CC[C@H](C)CN3C(=O)OC(C)(C)C)cc1O2. The Kier molecular flexibility index (Phi) is 6.20. The van der Waals surface area contributed by atoms with E-state index >= 15 is 0 Å². The minimum Gasteiger partial charge on any atom is -0.450 e. The van der Waals surface area contributed by atoms with Crippen molar-refractivity contribution in [2.45, 2.75) is 65.3 Å². The number of amides is 2. The lowest BCUT2D eigenvalue weighted by Crippen LogP contribution is -2.51. The number of ether oxygens (including phenoxy) is 4. The lowest BCUT2D eigenvalue weighted by molar-refractivity contribution is -0.115. The minimum absolute atomic E-state index is 0.300. The van der Waals surface area contributed by atoms with Crippen LogP contribution in [0.3, 0.4) is 0 Å². The Morgan fingerprint density at radius 3 is 2.48 bits per heavy atom. The Bertz CT molecular complexity index is 943. The van der Waals surface area contributed by atoms with Gasteiger partial charge < -0.3 is 23.8 Å². The van der Waals surface area contributed by atoms with Crippen molar-refractivity contribution in [2.75, 3.05) is 26.2 Å². The molecular formula is C25H34N2O6. The van der Waals surface area contributed by atoms with Crippen LogP contribution in [0.25, 0.3) is 5.70 Å². The molecule has 3 aliphatic heterocycles. The first-order valence-corrected chi connectivity index (χ1v) is 11.7. The van der Waals surface area contributed by atoms with Crippen molar-refractivity contribution in [3.63, 3.8) is 0 Å². The number of hydrogen-bond donors (Lipinski definition) is 0. The maximum atomic E-state index is 12.9. The molecule has 0 saturated carbocycles. The molecule has 1 spiro atoms. The molecule has 0 unspecified atom stereocenters. The van der Waals surface area contributed by atoms with Crippen molar-refractivity contribution in [1.82, 2.24) is 9.80 Å². The summed E-state index contributed by atoms with van der Waals surface area (Å²) in [5.41, 5.74) is 1.14. The second-order valence-electron chi connectivity index (χ2n) is 9.98. The van der Waals surface area contributed by atoms with Gasteiger partial charge in [-0.05, 0) is 58.2 Å². The number of piperidine rings is 1. The van der Waals surface area contributed by atoms with Gasteiger partial charge in [-0.15, -0.1) is 0 Å². The van der Waals surface area contributed by atoms with Crippen LogP contribution >= 0.6 is 0 Å². The van der Waals surface area contributed by atoms with Crippen molar-refractivity contribution in [3.8, 4) is 11.5 Å². The van der Waals surface area contributed by atoms with Crippen LogP contribution in [0.5, 0.6) is 11.5 Å². The number of likely N-dealkylation sites (tertiary alicyclic amines) is 1.